The third kappa shape index (κ3) is 2.77. The Morgan fingerprint density at radius 1 is 1.35 bits per heavy atom. The Hall–Kier alpha value is -2.02. The van der Waals surface area contributed by atoms with Crippen molar-refractivity contribution >= 4 is 0 Å². The molecule has 1 aromatic heterocycles. The topological polar surface area (TPSA) is 53.1 Å². The van der Waals surface area contributed by atoms with Gasteiger partial charge in [0.05, 0.1) is 24.6 Å². The first-order valence-corrected chi connectivity index (χ1v) is 5.96. The smallest absolute Gasteiger partial charge is 0.416 e. The van der Waals surface area contributed by atoms with Crippen molar-refractivity contribution in [2.45, 2.75) is 12.6 Å². The van der Waals surface area contributed by atoms with Gasteiger partial charge in [-0.3, -0.25) is 0 Å². The Labute approximate surface area is 114 Å². The molecule has 2 N–H and O–H groups in total. The zero-order chi connectivity index (χ0) is 14.8. The molecule has 2 rings (SSSR count). The molecule has 0 aliphatic carbocycles. The third-order valence-corrected chi connectivity index (χ3v) is 2.82. The van der Waals surface area contributed by atoms with E-state index in [1.165, 1.54) is 23.9 Å². The van der Waals surface area contributed by atoms with Gasteiger partial charge in [0.2, 0.25) is 5.88 Å². The first kappa shape index (κ1) is 14.4. The highest BCUT2D eigenvalue weighted by Gasteiger charge is 2.30. The second-order valence-electron chi connectivity index (χ2n) is 4.18. The zero-order valence-corrected chi connectivity index (χ0v) is 10.8. The number of halogens is 3. The molecule has 0 saturated heterocycles. The van der Waals surface area contributed by atoms with Gasteiger partial charge in [0.1, 0.15) is 0 Å². The first-order chi connectivity index (χ1) is 9.47. The van der Waals surface area contributed by atoms with Crippen LogP contribution in [0.3, 0.4) is 0 Å². The van der Waals surface area contributed by atoms with Gasteiger partial charge in [-0.05, 0) is 31.2 Å². The normalized spacial score (nSPS) is 11.7. The van der Waals surface area contributed by atoms with Crippen LogP contribution in [0.25, 0.3) is 5.69 Å². The molecule has 0 atom stereocenters. The van der Waals surface area contributed by atoms with Gasteiger partial charge >= 0.3 is 6.18 Å². The fourth-order valence-corrected chi connectivity index (χ4v) is 1.91. The van der Waals surface area contributed by atoms with Gasteiger partial charge in [-0.15, -0.1) is 0 Å². The summed E-state index contributed by atoms with van der Waals surface area (Å²) in [7, 11) is 1.45. The SMILES string of the molecule is COc1c(CCN)cnn1-c1cccc(C(F)(F)F)c1. The Bertz CT molecular complexity index is 593. The molecule has 0 unspecified atom stereocenters. The van der Waals surface area contributed by atoms with Crippen molar-refractivity contribution in [3.05, 3.63) is 41.6 Å². The van der Waals surface area contributed by atoms with E-state index in [-0.39, 0.29) is 0 Å². The molecule has 0 bridgehead atoms. The molecule has 2 aromatic rings. The highest BCUT2D eigenvalue weighted by Crippen LogP contribution is 2.31. The molecule has 1 heterocycles. The van der Waals surface area contributed by atoms with Crippen molar-refractivity contribution in [2.75, 3.05) is 13.7 Å². The van der Waals surface area contributed by atoms with Gasteiger partial charge in [0.25, 0.3) is 0 Å². The second-order valence-corrected chi connectivity index (χ2v) is 4.18. The lowest BCUT2D eigenvalue weighted by Gasteiger charge is -2.11. The van der Waals surface area contributed by atoms with Crippen molar-refractivity contribution in [3.63, 3.8) is 0 Å². The lowest BCUT2D eigenvalue weighted by molar-refractivity contribution is -0.137. The van der Waals surface area contributed by atoms with Gasteiger partial charge < -0.3 is 10.5 Å². The average Bonchev–Trinajstić information content (AvgIpc) is 2.81. The maximum Gasteiger partial charge on any atom is 0.416 e. The number of nitrogens with two attached hydrogens (primary N) is 1. The van der Waals surface area contributed by atoms with Crippen molar-refractivity contribution in [1.82, 2.24) is 9.78 Å². The molecule has 7 heteroatoms. The van der Waals surface area contributed by atoms with Crippen LogP contribution in [0.15, 0.2) is 30.5 Å². The molecular weight excluding hydrogens is 271 g/mol. The van der Waals surface area contributed by atoms with Crippen LogP contribution in [-0.2, 0) is 12.6 Å². The number of ether oxygens (including phenoxy) is 1. The molecule has 4 nitrogen and oxygen atoms in total. The van der Waals surface area contributed by atoms with Crippen LogP contribution in [0, 0.1) is 0 Å². The molecule has 0 fully saturated rings. The van der Waals surface area contributed by atoms with Crippen LogP contribution in [0.4, 0.5) is 13.2 Å². The molecular formula is C13H14F3N3O. The maximum absolute atomic E-state index is 12.7. The highest BCUT2D eigenvalue weighted by atomic mass is 19.4. The Balaban J connectivity index is 2.46. The largest absolute Gasteiger partial charge is 0.481 e. The molecule has 1 aromatic carbocycles. The fourth-order valence-electron chi connectivity index (χ4n) is 1.91. The van der Waals surface area contributed by atoms with Crippen molar-refractivity contribution in [3.8, 4) is 11.6 Å². The van der Waals surface area contributed by atoms with Gasteiger partial charge in [-0.1, -0.05) is 6.07 Å². The maximum atomic E-state index is 12.7. The molecule has 0 radical (unpaired) electrons. The average molecular weight is 285 g/mol. The quantitative estimate of drug-likeness (QED) is 0.938. The minimum absolute atomic E-state index is 0.292. The Kier molecular flexibility index (Phi) is 3.99. The number of benzene rings is 1. The Morgan fingerprint density at radius 3 is 2.70 bits per heavy atom. The van der Waals surface area contributed by atoms with E-state index in [4.69, 9.17) is 10.5 Å². The van der Waals surface area contributed by atoms with Gasteiger partial charge in [0, 0.05) is 5.56 Å². The van der Waals surface area contributed by atoms with Gasteiger partial charge in [-0.2, -0.15) is 18.3 Å². The third-order valence-electron chi connectivity index (χ3n) is 2.82. The van der Waals surface area contributed by atoms with E-state index in [1.807, 2.05) is 0 Å². The first-order valence-electron chi connectivity index (χ1n) is 5.96. The van der Waals surface area contributed by atoms with E-state index in [9.17, 15) is 13.2 Å². The van der Waals surface area contributed by atoms with Crippen LogP contribution < -0.4 is 10.5 Å². The van der Waals surface area contributed by atoms with Crippen LogP contribution in [0.1, 0.15) is 11.1 Å². The summed E-state index contributed by atoms with van der Waals surface area (Å²) in [6.07, 6.45) is -2.30. The van der Waals surface area contributed by atoms with Crippen molar-refractivity contribution in [1.29, 1.82) is 0 Å². The summed E-state index contributed by atoms with van der Waals surface area (Å²) in [5.41, 5.74) is 5.79. The molecule has 108 valence electrons. The standard InChI is InChI=1S/C13H14F3N3O/c1-20-12-9(5-6-17)8-18-19(12)11-4-2-3-10(7-11)13(14,15)16/h2-4,7-8H,5-6,17H2,1H3. The minimum Gasteiger partial charge on any atom is -0.481 e. The molecule has 20 heavy (non-hydrogen) atoms. The summed E-state index contributed by atoms with van der Waals surface area (Å²) in [5.74, 6) is 0.398. The predicted octanol–water partition coefficient (Wildman–Crippen LogP) is 2.40. The Morgan fingerprint density at radius 2 is 2.10 bits per heavy atom. The van der Waals surface area contributed by atoms with Crippen LogP contribution in [0.5, 0.6) is 5.88 Å². The summed E-state index contributed by atoms with van der Waals surface area (Å²) in [6, 6.07) is 4.92. The zero-order valence-electron chi connectivity index (χ0n) is 10.8. The highest BCUT2D eigenvalue weighted by molar-refractivity contribution is 5.41. The van der Waals surface area contributed by atoms with E-state index >= 15 is 0 Å². The van der Waals surface area contributed by atoms with E-state index < -0.39 is 11.7 Å². The number of methoxy groups -OCH3 is 1. The molecule has 0 spiro atoms. The minimum atomic E-state index is -4.39. The number of hydrogen-bond donors (Lipinski definition) is 1. The van der Waals surface area contributed by atoms with E-state index in [0.717, 1.165) is 17.7 Å². The van der Waals surface area contributed by atoms with E-state index in [2.05, 4.69) is 5.10 Å². The summed E-state index contributed by atoms with van der Waals surface area (Å²) < 4.78 is 44.7. The molecule has 0 amide bonds. The van der Waals surface area contributed by atoms with Crippen LogP contribution in [-0.4, -0.2) is 23.4 Å². The van der Waals surface area contributed by atoms with Gasteiger partial charge in [-0.25, -0.2) is 4.68 Å². The van der Waals surface area contributed by atoms with E-state index in [0.29, 0.717) is 24.5 Å². The number of hydrogen-bond acceptors (Lipinski definition) is 3. The molecule has 0 aliphatic rings. The molecule has 0 saturated carbocycles. The van der Waals surface area contributed by atoms with Crippen LogP contribution >= 0.6 is 0 Å². The fraction of sp³-hybridized carbons (Fsp3) is 0.308. The summed E-state index contributed by atoms with van der Waals surface area (Å²) >= 11 is 0. The van der Waals surface area contributed by atoms with Crippen molar-refractivity contribution in [2.24, 2.45) is 5.73 Å². The van der Waals surface area contributed by atoms with Gasteiger partial charge in [0.15, 0.2) is 0 Å². The number of nitrogens with zero attached hydrogens (tertiary/aromatic N) is 2. The summed E-state index contributed by atoms with van der Waals surface area (Å²) in [5, 5.41) is 4.07. The summed E-state index contributed by atoms with van der Waals surface area (Å²) in [6.45, 7) is 0.407. The second kappa shape index (κ2) is 5.54. The number of rotatable bonds is 4. The monoisotopic (exact) mass is 285 g/mol. The van der Waals surface area contributed by atoms with Crippen molar-refractivity contribution < 1.29 is 17.9 Å². The van der Waals surface area contributed by atoms with E-state index in [1.54, 1.807) is 6.20 Å². The number of aromatic nitrogens is 2. The lowest BCUT2D eigenvalue weighted by Crippen LogP contribution is -2.08. The predicted molar refractivity (Wildman–Crippen MR) is 67.9 cm³/mol. The number of alkyl halides is 3. The summed E-state index contributed by atoms with van der Waals surface area (Å²) in [4.78, 5) is 0. The molecule has 0 aliphatic heterocycles. The lowest BCUT2D eigenvalue weighted by atomic mass is 10.2. The van der Waals surface area contributed by atoms with Crippen LogP contribution in [0.2, 0.25) is 0 Å².